The van der Waals surface area contributed by atoms with E-state index in [2.05, 4.69) is 5.32 Å². The molecule has 2 aromatic rings. The van der Waals surface area contributed by atoms with Gasteiger partial charge in [0.2, 0.25) is 0 Å². The quantitative estimate of drug-likeness (QED) is 0.753. The zero-order valence-electron chi connectivity index (χ0n) is 16.2. The summed E-state index contributed by atoms with van der Waals surface area (Å²) in [5.74, 6) is -1.03. The minimum atomic E-state index is -1.08. The molecular weight excluding hydrogens is 356 g/mol. The molecular formula is C22H24N2O4. The molecule has 0 spiro atoms. The predicted octanol–water partition coefficient (Wildman–Crippen LogP) is 3.15. The average molecular weight is 380 g/mol. The third kappa shape index (κ3) is 3.77. The van der Waals surface area contributed by atoms with Crippen molar-refractivity contribution in [2.75, 3.05) is 11.9 Å². The lowest BCUT2D eigenvalue weighted by Gasteiger charge is -2.29. The van der Waals surface area contributed by atoms with Gasteiger partial charge in [-0.15, -0.1) is 0 Å². The summed E-state index contributed by atoms with van der Waals surface area (Å²) in [6, 6.07) is 15.9. The van der Waals surface area contributed by atoms with E-state index < -0.39 is 24.1 Å². The Bertz CT molecular complexity index is 889. The second-order valence-electron chi connectivity index (χ2n) is 6.66. The van der Waals surface area contributed by atoms with Gasteiger partial charge in [0.1, 0.15) is 11.9 Å². The number of rotatable bonds is 6. The van der Waals surface area contributed by atoms with Crippen LogP contribution >= 0.6 is 0 Å². The number of nitrogens with zero attached hydrogens (tertiary/aromatic N) is 1. The van der Waals surface area contributed by atoms with Crippen molar-refractivity contribution < 1.29 is 19.4 Å². The van der Waals surface area contributed by atoms with Crippen molar-refractivity contribution in [3.05, 3.63) is 77.0 Å². The number of nitrogens with one attached hydrogen (secondary N) is 1. The summed E-state index contributed by atoms with van der Waals surface area (Å²) in [6.07, 6.45) is -1.08. The number of carbonyl (C=O) groups is 2. The largest absolute Gasteiger partial charge is 0.463 e. The highest BCUT2D eigenvalue weighted by Gasteiger charge is 2.45. The van der Waals surface area contributed by atoms with Crippen LogP contribution in [-0.2, 0) is 14.3 Å². The Hall–Kier alpha value is -3.12. The van der Waals surface area contributed by atoms with Gasteiger partial charge in [-0.3, -0.25) is 4.79 Å². The number of aliphatic hydroxyl groups is 1. The molecule has 3 rings (SSSR count). The summed E-state index contributed by atoms with van der Waals surface area (Å²) in [5, 5.41) is 13.4. The monoisotopic (exact) mass is 380 g/mol. The van der Waals surface area contributed by atoms with Gasteiger partial charge in [0.05, 0.1) is 18.2 Å². The topological polar surface area (TPSA) is 78.9 Å². The van der Waals surface area contributed by atoms with Crippen LogP contribution in [0, 0.1) is 6.92 Å². The van der Waals surface area contributed by atoms with E-state index in [1.807, 2.05) is 61.5 Å². The molecule has 2 N–H and O–H groups in total. The molecule has 2 atom stereocenters. The first kappa shape index (κ1) is 19.6. The molecule has 0 fully saturated rings. The molecule has 2 unspecified atom stereocenters. The first-order valence-electron chi connectivity index (χ1n) is 9.24. The maximum Gasteiger partial charge on any atom is 0.338 e. The molecule has 1 heterocycles. The second kappa shape index (κ2) is 8.27. The molecule has 1 aliphatic rings. The first-order chi connectivity index (χ1) is 13.4. The zero-order valence-corrected chi connectivity index (χ0v) is 16.2. The highest BCUT2D eigenvalue weighted by Crippen LogP contribution is 2.40. The van der Waals surface area contributed by atoms with E-state index in [0.29, 0.717) is 5.69 Å². The number of amides is 1. The Labute approximate surface area is 164 Å². The van der Waals surface area contributed by atoms with E-state index in [0.717, 1.165) is 11.1 Å². The Kier molecular flexibility index (Phi) is 5.80. The minimum absolute atomic E-state index is 0.122. The summed E-state index contributed by atoms with van der Waals surface area (Å²) in [7, 11) is 0. The van der Waals surface area contributed by atoms with Crippen molar-refractivity contribution in [1.82, 2.24) is 4.90 Å². The fourth-order valence-electron chi connectivity index (χ4n) is 3.31. The Balaban J connectivity index is 2.13. The van der Waals surface area contributed by atoms with Crippen molar-refractivity contribution in [2.45, 2.75) is 33.0 Å². The Morgan fingerprint density at radius 1 is 1.18 bits per heavy atom. The van der Waals surface area contributed by atoms with E-state index in [4.69, 9.17) is 4.74 Å². The highest BCUT2D eigenvalue weighted by atomic mass is 16.5. The van der Waals surface area contributed by atoms with Gasteiger partial charge in [-0.2, -0.15) is 0 Å². The molecule has 0 saturated heterocycles. The van der Waals surface area contributed by atoms with Gasteiger partial charge in [0, 0.05) is 5.69 Å². The predicted molar refractivity (Wildman–Crippen MR) is 106 cm³/mol. The number of hydrogen-bond acceptors (Lipinski definition) is 5. The molecule has 0 aliphatic carbocycles. The summed E-state index contributed by atoms with van der Waals surface area (Å²) in [4.78, 5) is 27.3. The van der Waals surface area contributed by atoms with Crippen molar-refractivity contribution in [3.8, 4) is 0 Å². The number of hydrogen-bond donors (Lipinski definition) is 2. The maximum atomic E-state index is 13.2. The fraction of sp³-hybridized carbons (Fsp3) is 0.273. The normalized spacial score (nSPS) is 17.6. The van der Waals surface area contributed by atoms with E-state index in [-0.39, 0.29) is 17.9 Å². The van der Waals surface area contributed by atoms with Crippen molar-refractivity contribution in [2.24, 2.45) is 0 Å². The van der Waals surface area contributed by atoms with Crippen LogP contribution < -0.4 is 5.32 Å². The number of benzene rings is 2. The lowest BCUT2D eigenvalue weighted by atomic mass is 9.99. The van der Waals surface area contributed by atoms with Crippen LogP contribution in [0.2, 0.25) is 0 Å². The van der Waals surface area contributed by atoms with Crippen LogP contribution in [0.4, 0.5) is 5.69 Å². The molecule has 2 aromatic carbocycles. The standard InChI is InChI=1S/C22H24N2O4/c1-4-28-22(27)18-19(23-17-12-10-14(2)11-13-17)21(26)24(15(3)25)20(18)16-8-6-5-7-9-16/h5-13,15,20,23,25H,4H2,1-3H3. The number of carbonyl (C=O) groups excluding carboxylic acids is 2. The number of ether oxygens (including phenoxy) is 1. The Morgan fingerprint density at radius 2 is 1.82 bits per heavy atom. The van der Waals surface area contributed by atoms with Crippen LogP contribution in [0.25, 0.3) is 0 Å². The van der Waals surface area contributed by atoms with Crippen LogP contribution in [0.1, 0.15) is 31.0 Å². The molecule has 6 heteroatoms. The van der Waals surface area contributed by atoms with Gasteiger partial charge < -0.3 is 20.1 Å². The maximum absolute atomic E-state index is 13.2. The molecule has 28 heavy (non-hydrogen) atoms. The van der Waals surface area contributed by atoms with E-state index in [1.165, 1.54) is 11.8 Å². The number of aliphatic hydroxyl groups excluding tert-OH is 1. The molecule has 0 radical (unpaired) electrons. The molecule has 0 aromatic heterocycles. The molecule has 1 aliphatic heterocycles. The highest BCUT2D eigenvalue weighted by molar-refractivity contribution is 6.09. The molecule has 0 bridgehead atoms. The van der Waals surface area contributed by atoms with Crippen LogP contribution in [0.15, 0.2) is 65.9 Å². The lowest BCUT2D eigenvalue weighted by Crippen LogP contribution is -2.38. The van der Waals surface area contributed by atoms with Crippen molar-refractivity contribution in [1.29, 1.82) is 0 Å². The average Bonchev–Trinajstić information content (AvgIpc) is 2.97. The van der Waals surface area contributed by atoms with Gasteiger partial charge in [0.25, 0.3) is 5.91 Å². The van der Waals surface area contributed by atoms with Crippen LogP contribution in [0.3, 0.4) is 0 Å². The molecule has 0 saturated carbocycles. The summed E-state index contributed by atoms with van der Waals surface area (Å²) in [5.41, 5.74) is 2.79. The van der Waals surface area contributed by atoms with Crippen molar-refractivity contribution in [3.63, 3.8) is 0 Å². The van der Waals surface area contributed by atoms with Gasteiger partial charge in [-0.1, -0.05) is 48.0 Å². The van der Waals surface area contributed by atoms with Crippen LogP contribution in [0.5, 0.6) is 0 Å². The van der Waals surface area contributed by atoms with Gasteiger partial charge >= 0.3 is 5.97 Å². The third-order valence-corrected chi connectivity index (χ3v) is 4.60. The van der Waals surface area contributed by atoms with Crippen molar-refractivity contribution >= 4 is 17.6 Å². The summed E-state index contributed by atoms with van der Waals surface area (Å²) >= 11 is 0. The van der Waals surface area contributed by atoms with Gasteiger partial charge in [0.15, 0.2) is 0 Å². The van der Waals surface area contributed by atoms with E-state index >= 15 is 0 Å². The molecule has 6 nitrogen and oxygen atoms in total. The number of anilines is 1. The summed E-state index contributed by atoms with van der Waals surface area (Å²) in [6.45, 7) is 5.37. The first-order valence-corrected chi connectivity index (χ1v) is 9.24. The second-order valence-corrected chi connectivity index (χ2v) is 6.66. The number of esters is 1. The minimum Gasteiger partial charge on any atom is -0.463 e. The molecule has 1 amide bonds. The van der Waals surface area contributed by atoms with E-state index in [1.54, 1.807) is 6.92 Å². The third-order valence-electron chi connectivity index (χ3n) is 4.60. The van der Waals surface area contributed by atoms with Gasteiger partial charge in [-0.25, -0.2) is 4.79 Å². The number of aryl methyl sites for hydroxylation is 1. The van der Waals surface area contributed by atoms with Gasteiger partial charge in [-0.05, 0) is 38.5 Å². The SMILES string of the molecule is CCOC(=O)C1=C(Nc2ccc(C)cc2)C(=O)N(C(C)O)C1c1ccccc1. The van der Waals surface area contributed by atoms with E-state index in [9.17, 15) is 14.7 Å². The zero-order chi connectivity index (χ0) is 20.3. The molecule has 146 valence electrons. The lowest BCUT2D eigenvalue weighted by molar-refractivity contribution is -0.140. The summed E-state index contributed by atoms with van der Waals surface area (Å²) < 4.78 is 5.24. The fourth-order valence-corrected chi connectivity index (χ4v) is 3.31. The van der Waals surface area contributed by atoms with Crippen LogP contribution in [-0.4, -0.2) is 34.7 Å². The Morgan fingerprint density at radius 3 is 2.39 bits per heavy atom. The smallest absolute Gasteiger partial charge is 0.338 e.